The summed E-state index contributed by atoms with van der Waals surface area (Å²) in [6.45, 7) is -0.186. The fourth-order valence-electron chi connectivity index (χ4n) is 4.71. The summed E-state index contributed by atoms with van der Waals surface area (Å²) in [5, 5.41) is 2.79. The number of nitrogens with zero attached hydrogens (tertiary/aromatic N) is 1. The monoisotopic (exact) mass is 686 g/mol. The van der Waals surface area contributed by atoms with Crippen molar-refractivity contribution in [2.24, 2.45) is 0 Å². The maximum absolute atomic E-state index is 13.5. The molecule has 8 heteroatoms. The van der Waals surface area contributed by atoms with E-state index in [2.05, 4.69) is 5.32 Å². The fraction of sp³-hybridized carbons (Fsp3) is 0.207. The molecule has 0 aromatic heterocycles. The van der Waals surface area contributed by atoms with Crippen LogP contribution in [0.3, 0.4) is 0 Å². The number of fused-ring (bicyclic) bond motifs is 1. The maximum atomic E-state index is 13.5. The van der Waals surface area contributed by atoms with Gasteiger partial charge in [-0.1, -0.05) is 6.07 Å². The van der Waals surface area contributed by atoms with Gasteiger partial charge >= 0.3 is 226 Å². The first-order valence-electron chi connectivity index (χ1n) is 12.1. The van der Waals surface area contributed by atoms with E-state index in [1.54, 1.807) is 12.1 Å². The minimum absolute atomic E-state index is 0.186. The molecule has 0 unspecified atom stereocenters. The van der Waals surface area contributed by atoms with Crippen LogP contribution in [0, 0.1) is 0 Å². The number of nitrogens with one attached hydrogen (secondary N) is 1. The molecule has 0 saturated carbocycles. The molecule has 5 rings (SSSR count). The summed E-state index contributed by atoms with van der Waals surface area (Å²) < 4.78 is 12.5. The molecule has 1 N–H and O–H groups in total. The Kier molecular flexibility index (Phi) is 7.69. The van der Waals surface area contributed by atoms with Gasteiger partial charge < -0.3 is 0 Å². The molecule has 3 aromatic rings. The number of rotatable bonds is 8. The van der Waals surface area contributed by atoms with Gasteiger partial charge in [0.1, 0.15) is 0 Å². The molecule has 2 amide bonds. The van der Waals surface area contributed by atoms with Gasteiger partial charge in [-0.3, -0.25) is 0 Å². The molecule has 7 nitrogen and oxygen atoms in total. The van der Waals surface area contributed by atoms with Crippen molar-refractivity contribution >= 4 is 43.6 Å². The molecule has 0 radical (unpaired) electrons. The first kappa shape index (κ1) is 25.2. The van der Waals surface area contributed by atoms with Gasteiger partial charge in [0.25, 0.3) is 0 Å². The van der Waals surface area contributed by atoms with Gasteiger partial charge in [-0.15, -0.1) is 0 Å². The Morgan fingerprint density at radius 2 is 1.49 bits per heavy atom. The Morgan fingerprint density at radius 3 is 2.08 bits per heavy atom. The molecule has 184 valence electrons. The SMILES string of the molecule is O=C(COc1ccccc1)N[C@@H]1C(=O)N2C(C(=O)OC(c3ccccc3)c3ccccc3)=[C]([Tl])CC[C@H]12. The summed E-state index contributed by atoms with van der Waals surface area (Å²) in [6.07, 6.45) is 0.805. The van der Waals surface area contributed by atoms with Crippen LogP contribution in [0.2, 0.25) is 0 Å². The molecule has 2 aliphatic rings. The van der Waals surface area contributed by atoms with Gasteiger partial charge in [0.05, 0.1) is 0 Å². The van der Waals surface area contributed by atoms with Crippen LogP contribution in [-0.4, -0.2) is 67.1 Å². The number of hydrogen-bond acceptors (Lipinski definition) is 5. The standard InChI is InChI=1S/C29H25N2O5.Tl/c32-25(19-35-22-15-8-3-9-16-22)30-26-23-17-10-18-24(31(23)28(26)33)29(34)36-27(20-11-4-1-5-12-20)21-13-6-2-7-14-21;/h1-9,11-16,23,26-27H,10,17,19H2,(H,30,32);/t23-,26+;/m1./s1. The van der Waals surface area contributed by atoms with Crippen LogP contribution in [0.5, 0.6) is 5.75 Å². The number of β-lactam (4-membered cyclic amide) rings is 1. The van der Waals surface area contributed by atoms with Crippen LogP contribution in [-0.2, 0) is 19.1 Å². The van der Waals surface area contributed by atoms with E-state index in [0.29, 0.717) is 50.1 Å². The summed E-state index contributed by atoms with van der Waals surface area (Å²) in [5.41, 5.74) is 2.05. The Hall–Kier alpha value is -3.47. The summed E-state index contributed by atoms with van der Waals surface area (Å²) in [5.74, 6) is -0.594. The van der Waals surface area contributed by atoms with Crippen molar-refractivity contribution in [2.45, 2.75) is 31.0 Å². The van der Waals surface area contributed by atoms with Crippen molar-refractivity contribution in [1.82, 2.24) is 10.2 Å². The molecule has 2 heterocycles. The first-order chi connectivity index (χ1) is 18.0. The number of benzene rings is 3. The average molecular weight is 686 g/mol. The average Bonchev–Trinajstić information content (AvgIpc) is 2.94. The zero-order chi connectivity index (χ0) is 25.8. The van der Waals surface area contributed by atoms with Gasteiger partial charge in [-0.25, -0.2) is 0 Å². The quantitative estimate of drug-likeness (QED) is 0.224. The second-order valence-corrected chi connectivity index (χ2v) is 11.7. The molecule has 2 aliphatic heterocycles. The Labute approximate surface area is 231 Å². The van der Waals surface area contributed by atoms with Crippen molar-refractivity contribution < 1.29 is 23.9 Å². The van der Waals surface area contributed by atoms with Crippen molar-refractivity contribution in [2.75, 3.05) is 6.61 Å². The van der Waals surface area contributed by atoms with E-state index in [9.17, 15) is 14.4 Å². The van der Waals surface area contributed by atoms with Crippen LogP contribution in [0.25, 0.3) is 0 Å². The van der Waals surface area contributed by atoms with Crippen molar-refractivity contribution in [3.05, 3.63) is 111 Å². The minimum atomic E-state index is -0.674. The normalized spacial score (nSPS) is 18.6. The van der Waals surface area contributed by atoms with Crippen LogP contribution >= 0.6 is 0 Å². The van der Waals surface area contributed by atoms with E-state index in [-0.39, 0.29) is 24.5 Å². The predicted octanol–water partition coefficient (Wildman–Crippen LogP) is 3.27. The molecule has 37 heavy (non-hydrogen) atoms. The Morgan fingerprint density at radius 1 is 0.919 bits per heavy atom. The van der Waals surface area contributed by atoms with Crippen LogP contribution < -0.4 is 10.1 Å². The van der Waals surface area contributed by atoms with Crippen LogP contribution in [0.4, 0.5) is 0 Å². The molecular formula is C29H25N2O5Tl. The molecule has 0 aliphatic carbocycles. The number of carbonyl (C=O) groups is 3. The van der Waals surface area contributed by atoms with Gasteiger partial charge in [0.15, 0.2) is 0 Å². The molecular weight excluding hydrogens is 661 g/mol. The third-order valence-corrected chi connectivity index (χ3v) is 8.71. The third kappa shape index (κ3) is 5.46. The summed E-state index contributed by atoms with van der Waals surface area (Å²) in [7, 11) is 0. The topological polar surface area (TPSA) is 84.9 Å². The molecule has 0 bridgehead atoms. The number of esters is 1. The van der Waals surface area contributed by atoms with E-state index in [4.69, 9.17) is 9.47 Å². The zero-order valence-corrected chi connectivity index (χ0v) is 24.6. The van der Waals surface area contributed by atoms with E-state index < -0.39 is 18.1 Å². The van der Waals surface area contributed by atoms with Crippen molar-refractivity contribution in [3.63, 3.8) is 0 Å². The van der Waals surface area contributed by atoms with Gasteiger partial charge in [-0.2, -0.15) is 0 Å². The van der Waals surface area contributed by atoms with Crippen LogP contribution in [0.15, 0.2) is 99.8 Å². The number of hydrogen-bond donors (Lipinski definition) is 1. The van der Waals surface area contributed by atoms with E-state index in [0.717, 1.165) is 14.3 Å². The molecule has 2 atom stereocenters. The van der Waals surface area contributed by atoms with E-state index in [1.165, 1.54) is 4.90 Å². The summed E-state index contributed by atoms with van der Waals surface area (Å²) in [4.78, 5) is 40.7. The third-order valence-electron chi connectivity index (χ3n) is 6.53. The molecule has 1 fully saturated rings. The van der Waals surface area contributed by atoms with E-state index in [1.807, 2.05) is 78.9 Å². The van der Waals surface area contributed by atoms with Gasteiger partial charge in [0.2, 0.25) is 0 Å². The van der Waals surface area contributed by atoms with Crippen molar-refractivity contribution in [1.29, 1.82) is 0 Å². The number of carbonyl (C=O) groups excluding carboxylic acids is 3. The molecule has 0 spiro atoms. The Balaban J connectivity index is 1.28. The molecule has 3 aromatic carbocycles. The second kappa shape index (κ2) is 11.3. The molecule has 1 saturated heterocycles. The number of allylic oxidation sites excluding steroid dienone is 1. The number of amides is 2. The number of ether oxygens (including phenoxy) is 2. The number of para-hydroxylation sites is 1. The second-order valence-electron chi connectivity index (χ2n) is 8.94. The fourth-order valence-corrected chi connectivity index (χ4v) is 6.35. The summed E-state index contributed by atoms with van der Waals surface area (Å²) >= 11 is 0.390. The van der Waals surface area contributed by atoms with Gasteiger partial charge in [-0.05, 0) is 0 Å². The summed E-state index contributed by atoms with van der Waals surface area (Å²) in [6, 6.07) is 27.2. The zero-order valence-electron chi connectivity index (χ0n) is 20.1. The Bertz CT molecular complexity index is 1270. The predicted molar refractivity (Wildman–Crippen MR) is 137 cm³/mol. The van der Waals surface area contributed by atoms with E-state index >= 15 is 0 Å². The van der Waals surface area contributed by atoms with Gasteiger partial charge in [0, 0.05) is 0 Å². The van der Waals surface area contributed by atoms with Crippen LogP contribution in [0.1, 0.15) is 30.1 Å². The van der Waals surface area contributed by atoms with Crippen molar-refractivity contribution in [3.8, 4) is 5.75 Å². The first-order valence-corrected chi connectivity index (χ1v) is 14.4.